The van der Waals surface area contributed by atoms with Crippen LogP contribution in [0.1, 0.15) is 0 Å². The van der Waals surface area contributed by atoms with E-state index in [1.807, 2.05) is 0 Å². The van der Waals surface area contributed by atoms with Crippen molar-refractivity contribution in [1.29, 1.82) is 0 Å². The number of rotatable bonds is 0. The van der Waals surface area contributed by atoms with Crippen LogP contribution in [-0.4, -0.2) is 7.35 Å². The van der Waals surface area contributed by atoms with Crippen molar-refractivity contribution in [3.8, 4) is 0 Å². The summed E-state index contributed by atoms with van der Waals surface area (Å²) in [5, 5.41) is 0. The zero-order chi connectivity index (χ0) is 8.15. The van der Waals surface area contributed by atoms with Crippen molar-refractivity contribution in [2.45, 2.75) is 7.35 Å². The Balaban J connectivity index is 3.10. The van der Waals surface area contributed by atoms with Crippen molar-refractivity contribution in [2.24, 2.45) is 0 Å². The Morgan fingerprint density at radius 2 is 1.10 bits per heavy atom. The molecule has 1 aliphatic rings. The monoisotopic (exact) mass is 378 g/mol. The van der Waals surface area contributed by atoms with Gasteiger partial charge in [-0.2, -0.15) is 0 Å². The first-order valence-corrected chi connectivity index (χ1v) is 4.29. The van der Waals surface area contributed by atoms with E-state index in [1.54, 1.807) is 0 Å². The van der Waals surface area contributed by atoms with E-state index in [1.165, 1.54) is 0 Å². The van der Waals surface area contributed by atoms with Crippen molar-refractivity contribution in [3.63, 3.8) is 0 Å². The van der Waals surface area contributed by atoms with Crippen LogP contribution in [0.4, 0.5) is 17.6 Å². The fraction of sp³-hybridized carbons (Fsp3) is 0.500. The minimum Gasteiger partial charge on any atom is -0.219 e. The van der Waals surface area contributed by atoms with E-state index in [0.717, 1.165) is 45.2 Å². The molecular weight excluding hydrogens is 378 g/mol. The van der Waals surface area contributed by atoms with Gasteiger partial charge in [-0.25, -0.2) is 17.6 Å². The van der Waals surface area contributed by atoms with Crippen LogP contribution in [0, 0.1) is 0 Å². The normalized spacial score (nSPS) is 47.4. The molecule has 0 saturated heterocycles. The second kappa shape index (κ2) is 2.20. The van der Waals surface area contributed by atoms with E-state index >= 15 is 0 Å². The van der Waals surface area contributed by atoms with Gasteiger partial charge in [0.15, 0.2) is 11.7 Å². The molecule has 0 aromatic heterocycles. The zero-order valence-electron chi connectivity index (χ0n) is 4.27. The van der Waals surface area contributed by atoms with Gasteiger partial charge in [0, 0.05) is 0 Å². The summed E-state index contributed by atoms with van der Waals surface area (Å²) < 4.78 is 43.6. The third-order valence-corrected chi connectivity index (χ3v) is 4.60. The topological polar surface area (TPSA) is 0 Å². The molecule has 0 radical (unpaired) electrons. The third kappa shape index (κ3) is 0.833. The Kier molecular flexibility index (Phi) is 1.99. The van der Waals surface area contributed by atoms with Crippen molar-refractivity contribution in [3.05, 3.63) is 11.7 Å². The lowest BCUT2D eigenvalue weighted by Gasteiger charge is -2.36. The lowest BCUT2D eigenvalue weighted by Crippen LogP contribution is -2.48. The van der Waals surface area contributed by atoms with E-state index in [2.05, 4.69) is 0 Å². The highest BCUT2D eigenvalue weighted by Crippen LogP contribution is 2.61. The first kappa shape index (κ1) is 9.01. The quantitative estimate of drug-likeness (QED) is 0.345. The molecule has 0 amide bonds. The second-order valence-electron chi connectivity index (χ2n) is 1.78. The Labute approximate surface area is 81.3 Å². The molecule has 0 N–H and O–H groups in total. The summed E-state index contributed by atoms with van der Waals surface area (Å²) in [6.07, 6.45) is 0. The summed E-state index contributed by atoms with van der Waals surface area (Å²) >= 11 is 1.78. The van der Waals surface area contributed by atoms with Gasteiger partial charge in [-0.3, -0.25) is 0 Å². The van der Waals surface area contributed by atoms with Crippen molar-refractivity contribution >= 4 is 45.2 Å². The molecule has 1 rings (SSSR count). The Bertz CT molecular complexity index is 185. The molecule has 2 atom stereocenters. The molecule has 58 valence electrons. The second-order valence-corrected chi connectivity index (χ2v) is 4.75. The van der Waals surface area contributed by atoms with Crippen molar-refractivity contribution in [1.82, 2.24) is 0 Å². The van der Waals surface area contributed by atoms with Crippen molar-refractivity contribution < 1.29 is 17.6 Å². The number of hydrogen-bond donors (Lipinski definition) is 0. The zero-order valence-corrected chi connectivity index (χ0v) is 8.58. The smallest absolute Gasteiger partial charge is 0.219 e. The van der Waals surface area contributed by atoms with Gasteiger partial charge in [0.1, 0.15) is 0 Å². The predicted octanol–water partition coefficient (Wildman–Crippen LogP) is 3.35. The third-order valence-electron chi connectivity index (χ3n) is 1.14. The molecule has 2 unspecified atom stereocenters. The largest absolute Gasteiger partial charge is 0.263 e. The summed E-state index contributed by atoms with van der Waals surface area (Å²) in [6.45, 7) is 0. The highest BCUT2D eigenvalue weighted by Gasteiger charge is 2.68. The number of halogens is 6. The van der Waals surface area contributed by atoms with Crippen LogP contribution < -0.4 is 0 Å². The average molecular weight is 378 g/mol. The molecule has 0 fully saturated rings. The molecule has 0 aromatic carbocycles. The minimum atomic E-state index is -2.82. The van der Waals surface area contributed by atoms with Gasteiger partial charge in [-0.15, -0.1) is 0 Å². The molecule has 0 bridgehead atoms. The Morgan fingerprint density at radius 3 is 1.20 bits per heavy atom. The van der Waals surface area contributed by atoms with Gasteiger partial charge in [0.25, 0.3) is 7.35 Å². The highest BCUT2D eigenvalue weighted by molar-refractivity contribution is 14.1. The van der Waals surface area contributed by atoms with Gasteiger partial charge in [-0.05, 0) is 45.2 Å². The molecule has 0 nitrogen and oxygen atoms in total. The lowest BCUT2D eigenvalue weighted by molar-refractivity contribution is 0.0948. The van der Waals surface area contributed by atoms with Crippen molar-refractivity contribution in [2.75, 3.05) is 0 Å². The van der Waals surface area contributed by atoms with Gasteiger partial charge in [0.05, 0.1) is 0 Å². The molecule has 0 aromatic rings. The van der Waals surface area contributed by atoms with E-state index in [4.69, 9.17) is 0 Å². The average Bonchev–Trinajstić information content (AvgIpc) is 1.84. The summed E-state index contributed by atoms with van der Waals surface area (Å²) in [5.41, 5.74) is 0. The molecule has 1 aliphatic carbocycles. The van der Waals surface area contributed by atoms with Gasteiger partial charge in [0.2, 0.25) is 0 Å². The van der Waals surface area contributed by atoms with Crippen LogP contribution in [0.5, 0.6) is 0 Å². The van der Waals surface area contributed by atoms with Crippen LogP contribution in [0.15, 0.2) is 11.7 Å². The maximum absolute atomic E-state index is 12.6. The number of hydrogen-bond acceptors (Lipinski definition) is 0. The molecule has 10 heavy (non-hydrogen) atoms. The summed E-state index contributed by atoms with van der Waals surface area (Å²) in [6, 6.07) is 0. The molecule has 0 saturated carbocycles. The van der Waals surface area contributed by atoms with Crippen LogP contribution in [0.2, 0.25) is 0 Å². The van der Waals surface area contributed by atoms with E-state index < -0.39 is 19.0 Å². The summed E-state index contributed by atoms with van der Waals surface area (Å²) in [7, 11) is 0. The van der Waals surface area contributed by atoms with E-state index in [9.17, 15) is 17.6 Å². The van der Waals surface area contributed by atoms with Gasteiger partial charge >= 0.3 is 0 Å². The first-order valence-electron chi connectivity index (χ1n) is 2.13. The van der Waals surface area contributed by atoms with Crippen LogP contribution in [0.25, 0.3) is 0 Å². The Morgan fingerprint density at radius 1 is 0.900 bits per heavy atom. The SMILES string of the molecule is FC1=C(F)C(F)(I)C1(F)I. The number of allylic oxidation sites excluding steroid dienone is 2. The maximum atomic E-state index is 12.6. The lowest BCUT2D eigenvalue weighted by atomic mass is 10.0. The first-order chi connectivity index (χ1) is 4.32. The molecular formula is C4F4I2. The summed E-state index contributed by atoms with van der Waals surface area (Å²) in [5.74, 6) is -3.30. The molecule has 0 heterocycles. The Hall–Kier alpha value is 0.920. The van der Waals surface area contributed by atoms with Gasteiger partial charge in [-0.1, -0.05) is 0 Å². The molecule has 0 aliphatic heterocycles. The predicted molar refractivity (Wildman–Crippen MR) is 45.0 cm³/mol. The standard InChI is InChI=1S/C4F4I2/c5-1-2(6)4(8,10)3(1,7)9. The maximum Gasteiger partial charge on any atom is 0.263 e. The minimum absolute atomic E-state index is 0.889. The van der Waals surface area contributed by atoms with Crippen LogP contribution in [0.3, 0.4) is 0 Å². The summed E-state index contributed by atoms with van der Waals surface area (Å²) in [4.78, 5) is 0. The van der Waals surface area contributed by atoms with E-state index in [0.29, 0.717) is 0 Å². The molecule has 6 heteroatoms. The highest BCUT2D eigenvalue weighted by atomic mass is 127. The molecule has 0 spiro atoms. The van der Waals surface area contributed by atoms with Crippen LogP contribution >= 0.6 is 45.2 Å². The van der Waals surface area contributed by atoms with Crippen LogP contribution in [-0.2, 0) is 0 Å². The van der Waals surface area contributed by atoms with E-state index in [-0.39, 0.29) is 0 Å². The number of alkyl halides is 4. The fourth-order valence-corrected chi connectivity index (χ4v) is 1.44. The van der Waals surface area contributed by atoms with Gasteiger partial charge < -0.3 is 0 Å². The fourth-order valence-electron chi connectivity index (χ4n) is 0.489.